The molecule has 0 aliphatic carbocycles. The maximum absolute atomic E-state index is 11.0. The Labute approximate surface area is 66.8 Å². The summed E-state index contributed by atoms with van der Waals surface area (Å²) in [4.78, 5) is 0. The highest BCUT2D eigenvalue weighted by Crippen LogP contribution is 1.99. The quantitative estimate of drug-likeness (QED) is 0.576. The molecule has 62 valence electrons. The Bertz CT molecular complexity index is 263. The molecule has 4 nitrogen and oxygen atoms in total. The highest BCUT2D eigenvalue weighted by Gasteiger charge is 2.14. The second-order valence-corrected chi connectivity index (χ2v) is 3.68. The van der Waals surface area contributed by atoms with Gasteiger partial charge in [0.05, 0.1) is 6.07 Å². The Hall–Kier alpha value is -0.860. The van der Waals surface area contributed by atoms with E-state index < -0.39 is 10.0 Å². The van der Waals surface area contributed by atoms with Crippen LogP contribution in [0.25, 0.3) is 0 Å². The third-order valence-electron chi connectivity index (χ3n) is 1.17. The van der Waals surface area contributed by atoms with Gasteiger partial charge in [-0.3, -0.25) is 0 Å². The van der Waals surface area contributed by atoms with Crippen LogP contribution in [-0.2, 0) is 10.0 Å². The molecule has 0 aromatic carbocycles. The van der Waals surface area contributed by atoms with E-state index in [9.17, 15) is 8.42 Å². The van der Waals surface area contributed by atoms with Gasteiger partial charge < -0.3 is 0 Å². The maximum atomic E-state index is 11.0. The van der Waals surface area contributed by atoms with Gasteiger partial charge in [0, 0.05) is 12.0 Å². The zero-order chi connectivity index (χ0) is 8.91. The summed E-state index contributed by atoms with van der Waals surface area (Å²) in [6.07, 6.45) is 0. The SMILES string of the molecule is C=CS(=O)(=O)N(CC)CC#N. The molecule has 0 aromatic rings. The van der Waals surface area contributed by atoms with Crippen molar-refractivity contribution in [1.82, 2.24) is 4.31 Å². The van der Waals surface area contributed by atoms with E-state index in [-0.39, 0.29) is 6.54 Å². The van der Waals surface area contributed by atoms with Crippen LogP contribution in [0.15, 0.2) is 12.0 Å². The number of hydrogen-bond acceptors (Lipinski definition) is 3. The van der Waals surface area contributed by atoms with Crippen LogP contribution in [0.3, 0.4) is 0 Å². The molecule has 0 atom stereocenters. The fourth-order valence-electron chi connectivity index (χ4n) is 0.566. The van der Waals surface area contributed by atoms with E-state index in [1.807, 2.05) is 0 Å². The first kappa shape index (κ1) is 10.1. The highest BCUT2D eigenvalue weighted by atomic mass is 32.2. The zero-order valence-corrected chi connectivity index (χ0v) is 7.13. The van der Waals surface area contributed by atoms with Gasteiger partial charge in [-0.05, 0) is 0 Å². The van der Waals surface area contributed by atoms with E-state index in [0.29, 0.717) is 6.54 Å². The summed E-state index contributed by atoms with van der Waals surface area (Å²) in [6.45, 7) is 4.98. The van der Waals surface area contributed by atoms with Gasteiger partial charge in [-0.2, -0.15) is 9.57 Å². The van der Waals surface area contributed by atoms with Gasteiger partial charge in [-0.15, -0.1) is 0 Å². The molecule has 0 rings (SSSR count). The van der Waals surface area contributed by atoms with Crippen molar-refractivity contribution in [2.24, 2.45) is 0 Å². The Kier molecular flexibility index (Phi) is 3.79. The van der Waals surface area contributed by atoms with Crippen molar-refractivity contribution in [2.75, 3.05) is 13.1 Å². The van der Waals surface area contributed by atoms with Crippen LogP contribution in [-0.4, -0.2) is 25.8 Å². The number of sulfonamides is 1. The summed E-state index contributed by atoms with van der Waals surface area (Å²) >= 11 is 0. The van der Waals surface area contributed by atoms with Crippen LogP contribution in [0.4, 0.5) is 0 Å². The van der Waals surface area contributed by atoms with Gasteiger partial charge in [0.2, 0.25) is 10.0 Å². The maximum Gasteiger partial charge on any atom is 0.236 e. The molecule has 0 unspecified atom stereocenters. The monoisotopic (exact) mass is 174 g/mol. The highest BCUT2D eigenvalue weighted by molar-refractivity contribution is 7.92. The molecule has 0 heterocycles. The third-order valence-corrected chi connectivity index (χ3v) is 2.70. The van der Waals surface area contributed by atoms with Crippen molar-refractivity contribution in [2.45, 2.75) is 6.92 Å². The lowest BCUT2D eigenvalue weighted by atomic mass is 10.6. The molecule has 0 aromatic heterocycles. The Balaban J connectivity index is 4.53. The van der Waals surface area contributed by atoms with Crippen LogP contribution < -0.4 is 0 Å². The molecule has 0 aliphatic rings. The first-order chi connectivity index (χ1) is 5.08. The van der Waals surface area contributed by atoms with Crippen LogP contribution in [0, 0.1) is 11.3 Å². The zero-order valence-electron chi connectivity index (χ0n) is 6.32. The minimum Gasteiger partial charge on any atom is -0.207 e. The van der Waals surface area contributed by atoms with Crippen molar-refractivity contribution in [3.05, 3.63) is 12.0 Å². The molecule has 0 fully saturated rings. The van der Waals surface area contributed by atoms with Crippen LogP contribution >= 0.6 is 0 Å². The fourth-order valence-corrected chi connectivity index (χ4v) is 1.37. The van der Waals surface area contributed by atoms with Gasteiger partial charge in [0.15, 0.2) is 0 Å². The Morgan fingerprint density at radius 3 is 2.55 bits per heavy atom. The topological polar surface area (TPSA) is 61.2 Å². The minimum absolute atomic E-state index is 0.120. The molecule has 0 saturated carbocycles. The van der Waals surface area contributed by atoms with Crippen molar-refractivity contribution >= 4 is 10.0 Å². The molecule has 0 spiro atoms. The molecule has 11 heavy (non-hydrogen) atoms. The number of nitriles is 1. The summed E-state index contributed by atoms with van der Waals surface area (Å²) in [5, 5.41) is 9.08. The first-order valence-corrected chi connectivity index (χ1v) is 4.58. The molecule has 0 radical (unpaired) electrons. The molecule has 0 bridgehead atoms. The van der Waals surface area contributed by atoms with E-state index in [1.165, 1.54) is 0 Å². The van der Waals surface area contributed by atoms with E-state index >= 15 is 0 Å². The van der Waals surface area contributed by atoms with Crippen molar-refractivity contribution in [1.29, 1.82) is 5.26 Å². The number of rotatable bonds is 4. The second-order valence-electron chi connectivity index (χ2n) is 1.80. The number of nitrogens with zero attached hydrogens (tertiary/aromatic N) is 2. The average molecular weight is 174 g/mol. The molecule has 0 aliphatic heterocycles. The van der Waals surface area contributed by atoms with Crippen LogP contribution in [0.2, 0.25) is 0 Å². The van der Waals surface area contributed by atoms with Crippen molar-refractivity contribution in [3.63, 3.8) is 0 Å². The van der Waals surface area contributed by atoms with Crippen LogP contribution in [0.5, 0.6) is 0 Å². The molecular weight excluding hydrogens is 164 g/mol. The van der Waals surface area contributed by atoms with Gasteiger partial charge in [0.1, 0.15) is 6.54 Å². The molecular formula is C6H10N2O2S. The van der Waals surface area contributed by atoms with Crippen molar-refractivity contribution < 1.29 is 8.42 Å². The lowest BCUT2D eigenvalue weighted by Gasteiger charge is -2.12. The van der Waals surface area contributed by atoms with E-state index in [4.69, 9.17) is 5.26 Å². The summed E-state index contributed by atoms with van der Waals surface area (Å²) in [6, 6.07) is 1.76. The van der Waals surface area contributed by atoms with Gasteiger partial charge in [-0.1, -0.05) is 13.5 Å². The summed E-state index contributed by atoms with van der Waals surface area (Å²) in [5.41, 5.74) is 0. The Morgan fingerprint density at radius 1 is 1.73 bits per heavy atom. The van der Waals surface area contributed by atoms with Gasteiger partial charge in [0.25, 0.3) is 0 Å². The molecule has 0 amide bonds. The van der Waals surface area contributed by atoms with E-state index in [2.05, 4.69) is 6.58 Å². The molecule has 0 N–H and O–H groups in total. The first-order valence-electron chi connectivity index (χ1n) is 3.08. The molecule has 0 saturated heterocycles. The predicted molar refractivity (Wildman–Crippen MR) is 42.0 cm³/mol. The second kappa shape index (κ2) is 4.11. The summed E-state index contributed by atoms with van der Waals surface area (Å²) < 4.78 is 23.0. The fraction of sp³-hybridized carbons (Fsp3) is 0.500. The third kappa shape index (κ3) is 2.70. The van der Waals surface area contributed by atoms with Crippen LogP contribution in [0.1, 0.15) is 6.92 Å². The normalized spacial score (nSPS) is 11.0. The van der Waals surface area contributed by atoms with E-state index in [0.717, 1.165) is 9.71 Å². The Morgan fingerprint density at radius 2 is 2.27 bits per heavy atom. The van der Waals surface area contributed by atoms with Gasteiger partial charge in [-0.25, -0.2) is 8.42 Å². The lowest BCUT2D eigenvalue weighted by Crippen LogP contribution is -2.29. The standard InChI is InChI=1S/C6H10N2O2S/c1-3-8(6-5-7)11(9,10)4-2/h4H,2-3,6H2,1H3. The number of hydrogen-bond donors (Lipinski definition) is 0. The van der Waals surface area contributed by atoms with E-state index in [1.54, 1.807) is 13.0 Å². The van der Waals surface area contributed by atoms with Crippen molar-refractivity contribution in [3.8, 4) is 6.07 Å². The molecule has 5 heteroatoms. The largest absolute Gasteiger partial charge is 0.236 e. The average Bonchev–Trinajstić information content (AvgIpc) is 2.00. The predicted octanol–water partition coefficient (Wildman–Crippen LogP) is 0.305. The smallest absolute Gasteiger partial charge is 0.207 e. The minimum atomic E-state index is -3.40. The summed E-state index contributed by atoms with van der Waals surface area (Å²) in [5.74, 6) is 0. The lowest BCUT2D eigenvalue weighted by molar-refractivity contribution is 0.471. The summed E-state index contributed by atoms with van der Waals surface area (Å²) in [7, 11) is -3.40. The van der Waals surface area contributed by atoms with Gasteiger partial charge >= 0.3 is 0 Å².